The van der Waals surface area contributed by atoms with Crippen LogP contribution >= 0.6 is 11.3 Å². The average molecular weight is 406 g/mol. The van der Waals surface area contributed by atoms with Gasteiger partial charge < -0.3 is 10.2 Å². The quantitative estimate of drug-likeness (QED) is 0.666. The van der Waals surface area contributed by atoms with Gasteiger partial charge in [-0.25, -0.2) is 0 Å². The number of thiophene rings is 1. The van der Waals surface area contributed by atoms with Crippen LogP contribution in [0.25, 0.3) is 20.7 Å². The third-order valence-corrected chi connectivity index (χ3v) is 6.76. The van der Waals surface area contributed by atoms with Gasteiger partial charge in [-0.3, -0.25) is 0 Å². The molecule has 3 aromatic rings. The Bertz CT molecular complexity index is 1060. The molecule has 3 heterocycles. The minimum absolute atomic E-state index is 0.0907. The third-order valence-electron chi connectivity index (χ3n) is 5.63. The van der Waals surface area contributed by atoms with Crippen LogP contribution < -0.4 is 10.2 Å². The van der Waals surface area contributed by atoms with E-state index in [1.54, 1.807) is 11.3 Å². The Morgan fingerprint density at radius 2 is 1.79 bits per heavy atom. The maximum absolute atomic E-state index is 9.10. The zero-order valence-corrected chi connectivity index (χ0v) is 18.5. The standard InChI is InChI=1S/C23H27N5S/c1-22(2)12-17(13-23(3,4)27-22)28(5)21-9-7-18(25-26-21)20-11-16-10-15(14-24)6-8-19(16)29-20/h6-11,17,27H,12-13H2,1-5H3. The number of rotatable bonds is 3. The highest BCUT2D eigenvalue weighted by molar-refractivity contribution is 7.22. The molecule has 1 aliphatic heterocycles. The highest BCUT2D eigenvalue weighted by Gasteiger charge is 2.39. The lowest BCUT2D eigenvalue weighted by molar-refractivity contribution is 0.160. The summed E-state index contributed by atoms with van der Waals surface area (Å²) in [6.45, 7) is 9.07. The first-order chi connectivity index (χ1) is 13.7. The Labute approximate surface area is 176 Å². The highest BCUT2D eigenvalue weighted by Crippen LogP contribution is 2.35. The monoisotopic (exact) mass is 405 g/mol. The lowest BCUT2D eigenvalue weighted by atomic mass is 9.79. The van der Waals surface area contributed by atoms with E-state index < -0.39 is 0 Å². The summed E-state index contributed by atoms with van der Waals surface area (Å²) in [7, 11) is 2.12. The second kappa shape index (κ2) is 7.08. The van der Waals surface area contributed by atoms with E-state index in [1.807, 2.05) is 24.3 Å². The normalized spacial score (nSPS) is 18.5. The first kappa shape index (κ1) is 19.8. The molecule has 0 aliphatic carbocycles. The molecule has 0 atom stereocenters. The summed E-state index contributed by atoms with van der Waals surface area (Å²) in [5.74, 6) is 0.903. The van der Waals surface area contributed by atoms with E-state index >= 15 is 0 Å². The summed E-state index contributed by atoms with van der Waals surface area (Å²) in [4.78, 5) is 3.34. The number of hydrogen-bond donors (Lipinski definition) is 1. The molecular weight excluding hydrogens is 378 g/mol. The molecular formula is C23H27N5S. The van der Waals surface area contributed by atoms with Crippen molar-refractivity contribution in [2.45, 2.75) is 57.7 Å². The summed E-state index contributed by atoms with van der Waals surface area (Å²) in [6, 6.07) is 14.6. The molecule has 1 aliphatic rings. The molecule has 1 fully saturated rings. The zero-order valence-electron chi connectivity index (χ0n) is 17.7. The number of nitriles is 1. The predicted molar refractivity (Wildman–Crippen MR) is 120 cm³/mol. The lowest BCUT2D eigenvalue weighted by Gasteiger charge is -2.49. The van der Waals surface area contributed by atoms with E-state index in [1.165, 1.54) is 0 Å². The van der Waals surface area contributed by atoms with Crippen LogP contribution in [0.3, 0.4) is 0 Å². The molecule has 29 heavy (non-hydrogen) atoms. The van der Waals surface area contributed by atoms with Crippen LogP contribution in [-0.4, -0.2) is 34.4 Å². The highest BCUT2D eigenvalue weighted by atomic mass is 32.1. The Morgan fingerprint density at radius 3 is 2.41 bits per heavy atom. The first-order valence-corrected chi connectivity index (χ1v) is 10.8. The fraction of sp³-hybridized carbons (Fsp3) is 0.435. The number of piperidine rings is 1. The van der Waals surface area contributed by atoms with Gasteiger partial charge in [0.2, 0.25) is 0 Å². The molecule has 0 radical (unpaired) electrons. The van der Waals surface area contributed by atoms with Crippen molar-refractivity contribution in [2.24, 2.45) is 0 Å². The Hall–Kier alpha value is -2.49. The average Bonchev–Trinajstić information content (AvgIpc) is 3.08. The number of hydrogen-bond acceptors (Lipinski definition) is 6. The van der Waals surface area contributed by atoms with Gasteiger partial charge in [-0.15, -0.1) is 21.5 Å². The van der Waals surface area contributed by atoms with Crippen molar-refractivity contribution in [3.8, 4) is 16.6 Å². The van der Waals surface area contributed by atoms with Gasteiger partial charge in [0, 0.05) is 28.9 Å². The van der Waals surface area contributed by atoms with Crippen LogP contribution in [0, 0.1) is 11.3 Å². The molecule has 1 N–H and O–H groups in total. The van der Waals surface area contributed by atoms with Crippen molar-refractivity contribution in [1.29, 1.82) is 5.26 Å². The summed E-state index contributed by atoms with van der Waals surface area (Å²) in [6.07, 6.45) is 2.13. The maximum Gasteiger partial charge on any atom is 0.151 e. The van der Waals surface area contributed by atoms with Crippen molar-refractivity contribution in [3.63, 3.8) is 0 Å². The Morgan fingerprint density at radius 1 is 1.07 bits per heavy atom. The van der Waals surface area contributed by atoms with Gasteiger partial charge in [-0.05, 0) is 82.3 Å². The number of fused-ring (bicyclic) bond motifs is 1. The zero-order chi connectivity index (χ0) is 20.8. The van der Waals surface area contributed by atoms with E-state index in [0.29, 0.717) is 11.6 Å². The van der Waals surface area contributed by atoms with Crippen LogP contribution in [0.15, 0.2) is 36.4 Å². The summed E-state index contributed by atoms with van der Waals surface area (Å²) >= 11 is 1.68. The van der Waals surface area contributed by atoms with Gasteiger partial charge in [0.15, 0.2) is 5.82 Å². The van der Waals surface area contributed by atoms with Crippen molar-refractivity contribution in [3.05, 3.63) is 42.0 Å². The summed E-state index contributed by atoms with van der Waals surface area (Å²) < 4.78 is 1.15. The summed E-state index contributed by atoms with van der Waals surface area (Å²) in [5, 5.41) is 23.0. The van der Waals surface area contributed by atoms with E-state index in [4.69, 9.17) is 5.26 Å². The number of benzene rings is 1. The molecule has 0 saturated carbocycles. The number of nitrogens with one attached hydrogen (secondary N) is 1. The van der Waals surface area contributed by atoms with E-state index in [2.05, 4.69) is 73.4 Å². The molecule has 0 bridgehead atoms. The Balaban J connectivity index is 1.57. The second-order valence-electron chi connectivity index (χ2n) is 9.32. The van der Waals surface area contributed by atoms with Crippen LogP contribution in [-0.2, 0) is 0 Å². The fourth-order valence-corrected chi connectivity index (χ4v) is 5.62. The fourth-order valence-electron chi connectivity index (χ4n) is 4.61. The molecule has 2 aromatic heterocycles. The van der Waals surface area contributed by atoms with E-state index in [-0.39, 0.29) is 11.1 Å². The van der Waals surface area contributed by atoms with E-state index in [0.717, 1.165) is 39.3 Å². The SMILES string of the molecule is CN(c1ccc(-c2cc3cc(C#N)ccc3s2)nn1)C1CC(C)(C)NC(C)(C)C1. The van der Waals surface area contributed by atoms with Crippen LogP contribution in [0.4, 0.5) is 5.82 Å². The largest absolute Gasteiger partial charge is 0.355 e. The van der Waals surface area contributed by atoms with Gasteiger partial charge in [0.1, 0.15) is 5.69 Å². The topological polar surface area (TPSA) is 64.8 Å². The molecule has 1 aromatic carbocycles. The Kier molecular flexibility index (Phi) is 4.84. The molecule has 0 spiro atoms. The van der Waals surface area contributed by atoms with Gasteiger partial charge in [-0.1, -0.05) is 0 Å². The second-order valence-corrected chi connectivity index (χ2v) is 10.4. The van der Waals surface area contributed by atoms with Crippen molar-refractivity contribution >= 4 is 27.2 Å². The van der Waals surface area contributed by atoms with Crippen LogP contribution in [0.1, 0.15) is 46.1 Å². The molecule has 1 saturated heterocycles. The third kappa shape index (κ3) is 4.12. The minimum atomic E-state index is 0.0907. The number of anilines is 1. The molecule has 0 unspecified atom stereocenters. The number of aromatic nitrogens is 2. The van der Waals surface area contributed by atoms with Crippen molar-refractivity contribution < 1.29 is 0 Å². The smallest absolute Gasteiger partial charge is 0.151 e. The van der Waals surface area contributed by atoms with Crippen LogP contribution in [0.2, 0.25) is 0 Å². The summed E-state index contributed by atoms with van der Waals surface area (Å²) in [5.41, 5.74) is 1.73. The minimum Gasteiger partial charge on any atom is -0.355 e. The van der Waals surface area contributed by atoms with E-state index in [9.17, 15) is 0 Å². The lowest BCUT2D eigenvalue weighted by Crippen LogP contribution is -2.62. The predicted octanol–water partition coefficient (Wildman–Crippen LogP) is 4.98. The molecule has 150 valence electrons. The van der Waals surface area contributed by atoms with Gasteiger partial charge in [-0.2, -0.15) is 5.26 Å². The number of nitrogens with zero attached hydrogens (tertiary/aromatic N) is 4. The van der Waals surface area contributed by atoms with Gasteiger partial charge in [0.05, 0.1) is 16.5 Å². The molecule has 6 heteroatoms. The first-order valence-electron chi connectivity index (χ1n) is 9.96. The van der Waals surface area contributed by atoms with Crippen molar-refractivity contribution in [2.75, 3.05) is 11.9 Å². The molecule has 4 rings (SSSR count). The maximum atomic E-state index is 9.10. The molecule has 5 nitrogen and oxygen atoms in total. The van der Waals surface area contributed by atoms with Crippen molar-refractivity contribution in [1.82, 2.24) is 15.5 Å². The van der Waals surface area contributed by atoms with Crippen LogP contribution in [0.5, 0.6) is 0 Å². The molecule has 0 amide bonds. The van der Waals surface area contributed by atoms with Gasteiger partial charge >= 0.3 is 0 Å². The van der Waals surface area contributed by atoms with Gasteiger partial charge in [0.25, 0.3) is 0 Å².